The highest BCUT2D eigenvalue weighted by molar-refractivity contribution is 9.10. The maximum absolute atomic E-state index is 13.6. The minimum absolute atomic E-state index is 0.0716. The highest BCUT2D eigenvalue weighted by Gasteiger charge is 2.28. The third kappa shape index (κ3) is 3.08. The number of nitrogens with two attached hydrogens (primary N) is 1. The van der Waals surface area contributed by atoms with Gasteiger partial charge < -0.3 is 5.73 Å². The Morgan fingerprint density at radius 3 is 1.95 bits per heavy atom. The van der Waals surface area contributed by atoms with Crippen molar-refractivity contribution < 1.29 is 22.0 Å². The molecule has 112 valence electrons. The molecule has 2 N–H and O–H groups in total. The van der Waals surface area contributed by atoms with Crippen molar-refractivity contribution in [2.75, 3.05) is 0 Å². The van der Waals surface area contributed by atoms with Crippen LogP contribution in [-0.2, 0) is 6.42 Å². The van der Waals surface area contributed by atoms with Crippen LogP contribution in [0.25, 0.3) is 0 Å². The number of rotatable bonds is 3. The summed E-state index contributed by atoms with van der Waals surface area (Å²) in [7, 11) is 0. The molecule has 0 amide bonds. The highest BCUT2D eigenvalue weighted by atomic mass is 79.9. The predicted octanol–water partition coefficient (Wildman–Crippen LogP) is 4.39. The van der Waals surface area contributed by atoms with Crippen molar-refractivity contribution in [2.45, 2.75) is 12.5 Å². The Kier molecular flexibility index (Phi) is 4.63. The Hall–Kier alpha value is -1.47. The smallest absolute Gasteiger partial charge is 0.200 e. The van der Waals surface area contributed by atoms with E-state index in [0.29, 0.717) is 10.0 Å². The molecular weight excluding hydrogens is 357 g/mol. The lowest BCUT2D eigenvalue weighted by Crippen LogP contribution is -2.20. The first-order valence-corrected chi connectivity index (χ1v) is 6.63. The van der Waals surface area contributed by atoms with Gasteiger partial charge in [-0.25, -0.2) is 22.0 Å². The van der Waals surface area contributed by atoms with Crippen LogP contribution in [0.5, 0.6) is 0 Å². The molecule has 0 aromatic heterocycles. The Morgan fingerprint density at radius 1 is 0.905 bits per heavy atom. The molecule has 0 aliphatic rings. The molecule has 1 unspecified atom stereocenters. The van der Waals surface area contributed by atoms with Crippen molar-refractivity contribution in [3.8, 4) is 0 Å². The van der Waals surface area contributed by atoms with Gasteiger partial charge in [-0.2, -0.15) is 0 Å². The van der Waals surface area contributed by atoms with Crippen LogP contribution in [0.2, 0.25) is 0 Å². The first kappa shape index (κ1) is 15.9. The summed E-state index contributed by atoms with van der Waals surface area (Å²) in [6.07, 6.45) is -0.0716. The van der Waals surface area contributed by atoms with Gasteiger partial charge in [-0.05, 0) is 24.1 Å². The molecule has 0 heterocycles. The molecule has 2 aromatic carbocycles. The number of hydrogen-bond acceptors (Lipinski definition) is 1. The largest absolute Gasteiger partial charge is 0.323 e. The molecule has 0 saturated carbocycles. The lowest BCUT2D eigenvalue weighted by atomic mass is 9.98. The van der Waals surface area contributed by atoms with Gasteiger partial charge in [0.1, 0.15) is 0 Å². The summed E-state index contributed by atoms with van der Waals surface area (Å²) in [5.41, 5.74) is 5.21. The Bertz CT molecular complexity index is 660. The van der Waals surface area contributed by atoms with Crippen LogP contribution in [0.4, 0.5) is 22.0 Å². The summed E-state index contributed by atoms with van der Waals surface area (Å²) in [6.45, 7) is 0. The van der Waals surface area contributed by atoms with Crippen LogP contribution < -0.4 is 5.73 Å². The van der Waals surface area contributed by atoms with Crippen molar-refractivity contribution in [1.82, 2.24) is 0 Å². The van der Waals surface area contributed by atoms with Crippen LogP contribution in [-0.4, -0.2) is 0 Å². The second kappa shape index (κ2) is 6.11. The fourth-order valence-electron chi connectivity index (χ4n) is 1.97. The molecule has 0 radical (unpaired) electrons. The van der Waals surface area contributed by atoms with Gasteiger partial charge in [0.2, 0.25) is 5.82 Å². The van der Waals surface area contributed by atoms with E-state index in [4.69, 9.17) is 5.73 Å². The Labute approximate surface area is 125 Å². The van der Waals surface area contributed by atoms with Crippen LogP contribution in [0.3, 0.4) is 0 Å². The third-order valence-corrected chi connectivity index (χ3v) is 3.45. The van der Waals surface area contributed by atoms with E-state index in [0.717, 1.165) is 0 Å². The summed E-state index contributed by atoms with van der Waals surface area (Å²) in [6, 6.07) is 5.32. The SMILES string of the molecule is NC(Cc1cccc(Br)c1)c1c(F)c(F)c(F)c(F)c1F. The minimum atomic E-state index is -2.19. The van der Waals surface area contributed by atoms with Crippen LogP contribution in [0, 0.1) is 29.1 Å². The maximum Gasteiger partial charge on any atom is 0.200 e. The molecule has 2 rings (SSSR count). The Morgan fingerprint density at radius 2 is 1.43 bits per heavy atom. The van der Waals surface area contributed by atoms with Crippen LogP contribution >= 0.6 is 15.9 Å². The normalized spacial score (nSPS) is 12.5. The first-order chi connectivity index (χ1) is 9.82. The standard InChI is InChI=1S/C14H9BrF5N/c15-7-3-1-2-6(4-7)5-8(21)9-10(16)12(18)14(20)13(19)11(9)17/h1-4,8H,5,21H2. The average Bonchev–Trinajstić information content (AvgIpc) is 2.43. The van der Waals surface area contributed by atoms with Gasteiger partial charge in [-0.15, -0.1) is 0 Å². The van der Waals surface area contributed by atoms with Crippen LogP contribution in [0.1, 0.15) is 17.2 Å². The van der Waals surface area contributed by atoms with Gasteiger partial charge in [0.25, 0.3) is 0 Å². The molecular formula is C14H9BrF5N. The molecule has 0 fully saturated rings. The van der Waals surface area contributed by atoms with Gasteiger partial charge in [0.15, 0.2) is 23.3 Å². The molecule has 21 heavy (non-hydrogen) atoms. The van der Waals surface area contributed by atoms with E-state index < -0.39 is 40.7 Å². The fourth-order valence-corrected chi connectivity index (χ4v) is 2.41. The van der Waals surface area contributed by atoms with Gasteiger partial charge in [0.05, 0.1) is 0 Å². The molecule has 1 atom stereocenters. The van der Waals surface area contributed by atoms with Crippen molar-refractivity contribution in [3.63, 3.8) is 0 Å². The van der Waals surface area contributed by atoms with Gasteiger partial charge in [-0.1, -0.05) is 28.1 Å². The van der Waals surface area contributed by atoms with Crippen molar-refractivity contribution in [2.24, 2.45) is 5.73 Å². The minimum Gasteiger partial charge on any atom is -0.323 e. The van der Waals surface area contributed by atoms with Gasteiger partial charge >= 0.3 is 0 Å². The summed E-state index contributed by atoms with van der Waals surface area (Å²) < 4.78 is 67.2. The van der Waals surface area contributed by atoms with E-state index in [1.807, 2.05) is 0 Å². The topological polar surface area (TPSA) is 26.0 Å². The zero-order valence-electron chi connectivity index (χ0n) is 10.4. The molecule has 1 nitrogen and oxygen atoms in total. The van der Waals surface area contributed by atoms with E-state index in [9.17, 15) is 22.0 Å². The number of halogens is 6. The van der Waals surface area contributed by atoms with Crippen molar-refractivity contribution in [1.29, 1.82) is 0 Å². The molecule has 0 aliphatic heterocycles. The molecule has 2 aromatic rings. The van der Waals surface area contributed by atoms with E-state index >= 15 is 0 Å². The third-order valence-electron chi connectivity index (χ3n) is 2.96. The lowest BCUT2D eigenvalue weighted by molar-refractivity contribution is 0.363. The summed E-state index contributed by atoms with van der Waals surface area (Å²) in [4.78, 5) is 0. The average molecular weight is 366 g/mol. The predicted molar refractivity (Wildman–Crippen MR) is 71.0 cm³/mol. The summed E-state index contributed by atoms with van der Waals surface area (Å²) >= 11 is 3.21. The molecule has 0 saturated heterocycles. The molecule has 0 aliphatic carbocycles. The summed E-state index contributed by atoms with van der Waals surface area (Å²) in [5.74, 6) is -9.96. The second-order valence-electron chi connectivity index (χ2n) is 4.42. The van der Waals surface area contributed by atoms with Gasteiger partial charge in [-0.3, -0.25) is 0 Å². The van der Waals surface area contributed by atoms with Gasteiger partial charge in [0, 0.05) is 16.1 Å². The van der Waals surface area contributed by atoms with E-state index in [1.54, 1.807) is 24.3 Å². The quantitative estimate of drug-likeness (QED) is 0.487. The zero-order valence-corrected chi connectivity index (χ0v) is 12.0. The lowest BCUT2D eigenvalue weighted by Gasteiger charge is -2.15. The first-order valence-electron chi connectivity index (χ1n) is 5.84. The van der Waals surface area contributed by atoms with E-state index in [-0.39, 0.29) is 6.42 Å². The number of hydrogen-bond donors (Lipinski definition) is 1. The molecule has 7 heteroatoms. The van der Waals surface area contributed by atoms with E-state index in [1.165, 1.54) is 0 Å². The zero-order chi connectivity index (χ0) is 15.7. The van der Waals surface area contributed by atoms with E-state index in [2.05, 4.69) is 15.9 Å². The van der Waals surface area contributed by atoms with Crippen molar-refractivity contribution in [3.05, 3.63) is 69.0 Å². The van der Waals surface area contributed by atoms with Crippen molar-refractivity contribution >= 4 is 15.9 Å². The molecule has 0 bridgehead atoms. The highest BCUT2D eigenvalue weighted by Crippen LogP contribution is 2.28. The summed E-state index contributed by atoms with van der Waals surface area (Å²) in [5, 5.41) is 0. The monoisotopic (exact) mass is 365 g/mol. The second-order valence-corrected chi connectivity index (χ2v) is 5.34. The fraction of sp³-hybridized carbons (Fsp3) is 0.143. The molecule has 0 spiro atoms. The maximum atomic E-state index is 13.6. The van der Waals surface area contributed by atoms with Crippen LogP contribution in [0.15, 0.2) is 28.7 Å². The Balaban J connectivity index is 2.42. The number of benzene rings is 2.